The first-order valence-corrected chi connectivity index (χ1v) is 19.8. The summed E-state index contributed by atoms with van der Waals surface area (Å²) in [6, 6.07) is 15.0. The molecule has 5 heteroatoms. The fourth-order valence-electron chi connectivity index (χ4n) is 4.53. The Balaban J connectivity index is 0. The van der Waals surface area contributed by atoms with E-state index in [4.69, 9.17) is 4.74 Å². The summed E-state index contributed by atoms with van der Waals surface area (Å²) in [4.78, 5) is 0. The molecule has 1 nitrogen and oxygen atoms in total. The SMILES string of the molecule is CC.CCCCC=Cc1cc(C)cc(F)c1.CCCCCCc1cc(C)cc(F)c1.CCCCC[PH2+]C.COc1cc(C)cc(F)c1. The zero-order chi connectivity index (χ0) is 35.9. The van der Waals surface area contributed by atoms with Gasteiger partial charge in [-0.15, -0.1) is 0 Å². The Morgan fingerprint density at radius 1 is 0.617 bits per heavy atom. The van der Waals surface area contributed by atoms with Gasteiger partial charge < -0.3 is 4.74 Å². The molecule has 0 aromatic heterocycles. The summed E-state index contributed by atoms with van der Waals surface area (Å²) in [5.41, 5.74) is 4.96. The summed E-state index contributed by atoms with van der Waals surface area (Å²) >= 11 is 0. The van der Waals surface area contributed by atoms with Gasteiger partial charge in [-0.3, -0.25) is 0 Å². The Bertz CT molecular complexity index is 1130. The van der Waals surface area contributed by atoms with Crippen LogP contribution in [0.3, 0.4) is 0 Å². The van der Waals surface area contributed by atoms with Gasteiger partial charge in [0.05, 0.1) is 13.3 Å². The third-order valence-corrected chi connectivity index (χ3v) is 7.85. The van der Waals surface area contributed by atoms with Crippen LogP contribution in [0, 0.1) is 38.2 Å². The van der Waals surface area contributed by atoms with Gasteiger partial charge in [0, 0.05) is 12.7 Å². The largest absolute Gasteiger partial charge is 0.497 e. The van der Waals surface area contributed by atoms with E-state index in [0.717, 1.165) is 49.2 Å². The molecule has 0 N–H and O–H groups in total. The molecule has 0 spiro atoms. The lowest BCUT2D eigenvalue weighted by atomic mass is 10.0. The zero-order valence-corrected chi connectivity index (χ0v) is 32.6. The number of hydrogen-bond donors (Lipinski definition) is 0. The van der Waals surface area contributed by atoms with E-state index in [1.807, 2.05) is 46.8 Å². The number of allylic oxidation sites excluding steroid dienone is 1. The van der Waals surface area contributed by atoms with Crippen LogP contribution in [0.15, 0.2) is 60.7 Å². The molecule has 0 aliphatic rings. The van der Waals surface area contributed by atoms with Crippen LogP contribution in [-0.2, 0) is 6.42 Å². The number of unbranched alkanes of at least 4 members (excludes halogenated alkanes) is 7. The Morgan fingerprint density at radius 3 is 1.66 bits per heavy atom. The first-order valence-electron chi connectivity index (χ1n) is 17.9. The van der Waals surface area contributed by atoms with Crippen LogP contribution in [-0.4, -0.2) is 19.9 Å². The smallest absolute Gasteiger partial charge is 0.127 e. The number of benzene rings is 3. The monoisotopic (exact) mass is 675 g/mol. The van der Waals surface area contributed by atoms with Gasteiger partial charge >= 0.3 is 0 Å². The zero-order valence-electron chi connectivity index (χ0n) is 31.5. The molecular formula is C42H67F3OP+. The van der Waals surface area contributed by atoms with Crippen molar-refractivity contribution in [3.8, 4) is 5.75 Å². The molecule has 1 unspecified atom stereocenters. The van der Waals surface area contributed by atoms with Crippen molar-refractivity contribution in [2.24, 2.45) is 0 Å². The van der Waals surface area contributed by atoms with Crippen LogP contribution in [0.25, 0.3) is 6.08 Å². The van der Waals surface area contributed by atoms with Crippen molar-refractivity contribution in [3.63, 3.8) is 0 Å². The lowest BCUT2D eigenvalue weighted by Crippen LogP contribution is -1.89. The van der Waals surface area contributed by atoms with Crippen molar-refractivity contribution in [2.75, 3.05) is 19.9 Å². The molecule has 0 bridgehead atoms. The molecule has 0 amide bonds. The van der Waals surface area contributed by atoms with Gasteiger partial charge in [-0.05, 0) is 119 Å². The Labute approximate surface area is 289 Å². The van der Waals surface area contributed by atoms with E-state index < -0.39 is 0 Å². The van der Waals surface area contributed by atoms with Gasteiger partial charge in [0.1, 0.15) is 23.2 Å². The second-order valence-corrected chi connectivity index (χ2v) is 13.0. The van der Waals surface area contributed by atoms with Gasteiger partial charge in [0.25, 0.3) is 0 Å². The van der Waals surface area contributed by atoms with Crippen molar-refractivity contribution in [2.45, 2.75) is 126 Å². The third-order valence-electron chi connectivity index (χ3n) is 6.87. The van der Waals surface area contributed by atoms with E-state index >= 15 is 0 Å². The van der Waals surface area contributed by atoms with Gasteiger partial charge in [0.15, 0.2) is 0 Å². The summed E-state index contributed by atoms with van der Waals surface area (Å²) in [6.45, 7) is 18.6. The summed E-state index contributed by atoms with van der Waals surface area (Å²) in [5.74, 6) is 0.0602. The Hall–Kier alpha value is -2.58. The van der Waals surface area contributed by atoms with Gasteiger partial charge in [0.2, 0.25) is 0 Å². The Morgan fingerprint density at radius 2 is 1.15 bits per heavy atom. The van der Waals surface area contributed by atoms with E-state index in [2.05, 4.69) is 39.6 Å². The number of hydrogen-bond acceptors (Lipinski definition) is 1. The normalized spacial score (nSPS) is 10.2. The summed E-state index contributed by atoms with van der Waals surface area (Å²) in [5, 5.41) is 0. The highest BCUT2D eigenvalue weighted by molar-refractivity contribution is 7.36. The molecule has 266 valence electrons. The van der Waals surface area contributed by atoms with Crippen LogP contribution < -0.4 is 4.74 Å². The minimum Gasteiger partial charge on any atom is -0.497 e. The maximum atomic E-state index is 13.0. The fraction of sp³-hybridized carbons (Fsp3) is 0.524. The highest BCUT2D eigenvalue weighted by Gasteiger charge is 1.98. The number of aryl methyl sites for hydroxylation is 4. The van der Waals surface area contributed by atoms with E-state index in [0.29, 0.717) is 5.75 Å². The van der Waals surface area contributed by atoms with Gasteiger partial charge in [-0.1, -0.05) is 104 Å². The maximum absolute atomic E-state index is 13.0. The molecule has 0 aliphatic heterocycles. The summed E-state index contributed by atoms with van der Waals surface area (Å²) in [6.07, 6.45) is 19.4. The molecule has 3 aromatic carbocycles. The standard InChI is InChI=1S/C13H19F.C13H17F.C8H9FO.C6H15P.C2H6/c2*1-3-4-5-6-7-12-8-11(2)9-13(14)10-12;1-6-3-7(9)5-8(4-6)10-2;1-3-4-5-6-7-2;1-2/h8-10H,3-7H2,1-2H3;6-10H,3-5H2,1-2H3;3-5H,1-2H3;7H,3-6H2,1-2H3;1-2H3/p+1. The van der Waals surface area contributed by atoms with Crippen LogP contribution in [0.4, 0.5) is 13.2 Å². The van der Waals surface area contributed by atoms with E-state index in [1.54, 1.807) is 30.3 Å². The number of halogens is 3. The van der Waals surface area contributed by atoms with Crippen molar-refractivity contribution >= 4 is 14.7 Å². The molecule has 3 aromatic rings. The minimum absolute atomic E-state index is 0.101. The van der Waals surface area contributed by atoms with Crippen LogP contribution >= 0.6 is 8.58 Å². The molecule has 0 saturated heterocycles. The molecule has 0 fully saturated rings. The predicted octanol–water partition coefficient (Wildman–Crippen LogP) is 14.0. The molecule has 47 heavy (non-hydrogen) atoms. The summed E-state index contributed by atoms with van der Waals surface area (Å²) in [7, 11) is 2.30. The number of methoxy groups -OCH3 is 1. The average molecular weight is 676 g/mol. The highest BCUT2D eigenvalue weighted by Crippen LogP contribution is 2.15. The summed E-state index contributed by atoms with van der Waals surface area (Å²) < 4.78 is 43.3. The molecular weight excluding hydrogens is 608 g/mol. The van der Waals surface area contributed by atoms with Crippen LogP contribution in [0.1, 0.15) is 127 Å². The third kappa shape index (κ3) is 28.2. The van der Waals surface area contributed by atoms with Crippen molar-refractivity contribution < 1.29 is 17.9 Å². The first-order chi connectivity index (χ1) is 22.6. The van der Waals surface area contributed by atoms with Crippen molar-refractivity contribution in [3.05, 3.63) is 106 Å². The highest BCUT2D eigenvalue weighted by atomic mass is 31.1. The Kier molecular flexibility index (Phi) is 31.7. The molecule has 3 rings (SSSR count). The van der Waals surface area contributed by atoms with Gasteiger partial charge in [-0.25, -0.2) is 13.2 Å². The average Bonchev–Trinajstić information content (AvgIpc) is 3.02. The molecule has 1 atom stereocenters. The van der Waals surface area contributed by atoms with E-state index in [-0.39, 0.29) is 17.5 Å². The first kappa shape index (κ1) is 46.5. The van der Waals surface area contributed by atoms with Gasteiger partial charge in [-0.2, -0.15) is 0 Å². The second kappa shape index (κ2) is 32.0. The molecule has 0 heterocycles. The van der Waals surface area contributed by atoms with E-state index in [9.17, 15) is 13.2 Å². The lowest BCUT2D eigenvalue weighted by Gasteiger charge is -2.03. The van der Waals surface area contributed by atoms with Crippen molar-refractivity contribution in [1.82, 2.24) is 0 Å². The lowest BCUT2D eigenvalue weighted by molar-refractivity contribution is 0.411. The predicted molar refractivity (Wildman–Crippen MR) is 208 cm³/mol. The molecule has 0 aliphatic carbocycles. The van der Waals surface area contributed by atoms with Crippen LogP contribution in [0.2, 0.25) is 0 Å². The maximum Gasteiger partial charge on any atom is 0.127 e. The van der Waals surface area contributed by atoms with Crippen LogP contribution in [0.5, 0.6) is 5.75 Å². The van der Waals surface area contributed by atoms with E-state index in [1.165, 1.54) is 83.2 Å². The molecule has 0 radical (unpaired) electrons. The number of rotatable bonds is 14. The quantitative estimate of drug-likeness (QED) is 0.122. The van der Waals surface area contributed by atoms with Crippen molar-refractivity contribution in [1.29, 1.82) is 0 Å². The topological polar surface area (TPSA) is 9.23 Å². The minimum atomic E-state index is -0.253. The molecule has 0 saturated carbocycles. The second-order valence-electron chi connectivity index (χ2n) is 11.6. The number of ether oxygens (including phenoxy) is 1. The fourth-order valence-corrected chi connectivity index (χ4v) is 5.23.